The van der Waals surface area contributed by atoms with Crippen molar-refractivity contribution < 1.29 is 14.3 Å². The van der Waals surface area contributed by atoms with Gasteiger partial charge in [0.25, 0.3) is 0 Å². The van der Waals surface area contributed by atoms with Gasteiger partial charge < -0.3 is 9.47 Å². The predicted octanol–water partition coefficient (Wildman–Crippen LogP) is 2.88. The third-order valence-corrected chi connectivity index (χ3v) is 1.60. The normalized spacial score (nSPS) is 9.38. The Bertz CT molecular complexity index is 299. The Morgan fingerprint density at radius 3 is 2.77 bits per heavy atom. The lowest BCUT2D eigenvalue weighted by Crippen LogP contribution is -2.10. The van der Waals surface area contributed by atoms with Crippen molar-refractivity contribution in [1.82, 2.24) is 0 Å². The summed E-state index contributed by atoms with van der Waals surface area (Å²) in [4.78, 5) is 10.9. The Morgan fingerprint density at radius 1 is 1.46 bits per heavy atom. The van der Waals surface area contributed by atoms with Gasteiger partial charge in [0.1, 0.15) is 0 Å². The fourth-order valence-electron chi connectivity index (χ4n) is 0.765. The Balaban J connectivity index is 2.63. The van der Waals surface area contributed by atoms with Crippen LogP contribution in [0.4, 0.5) is 4.79 Å². The molecule has 0 bridgehead atoms. The molecule has 0 heterocycles. The number of para-hydroxylation sites is 1. The number of halogens is 1. The molecule has 0 unspecified atom stereocenters. The van der Waals surface area contributed by atoms with E-state index >= 15 is 0 Å². The quantitative estimate of drug-likeness (QED) is 0.544. The van der Waals surface area contributed by atoms with E-state index in [0.29, 0.717) is 10.8 Å². The zero-order valence-electron chi connectivity index (χ0n) is 7.12. The van der Waals surface area contributed by atoms with E-state index in [1.807, 2.05) is 0 Å². The van der Waals surface area contributed by atoms with Crippen LogP contribution in [0.5, 0.6) is 5.75 Å². The Kier molecular flexibility index (Phi) is 3.58. The highest BCUT2D eigenvalue weighted by atomic mass is 35.5. The molecule has 70 valence electrons. The number of ether oxygens (including phenoxy) is 2. The average Bonchev–Trinajstić information content (AvgIpc) is 2.09. The van der Waals surface area contributed by atoms with Crippen molar-refractivity contribution in [2.75, 3.05) is 6.61 Å². The highest BCUT2D eigenvalue weighted by Gasteiger charge is 2.06. The first-order chi connectivity index (χ1) is 6.24. The Morgan fingerprint density at radius 2 is 2.15 bits per heavy atom. The minimum atomic E-state index is -0.740. The third-order valence-electron chi connectivity index (χ3n) is 1.29. The number of hydrogen-bond donors (Lipinski definition) is 0. The van der Waals surface area contributed by atoms with Gasteiger partial charge in [0.15, 0.2) is 5.75 Å². The molecule has 4 heteroatoms. The van der Waals surface area contributed by atoms with E-state index in [1.54, 1.807) is 31.2 Å². The second-order valence-corrected chi connectivity index (χ2v) is 2.62. The molecular formula is C9H9ClO3. The van der Waals surface area contributed by atoms with Crippen LogP contribution >= 0.6 is 11.6 Å². The molecule has 1 aromatic rings. The fraction of sp³-hybridized carbons (Fsp3) is 0.222. The summed E-state index contributed by atoms with van der Waals surface area (Å²) in [7, 11) is 0. The van der Waals surface area contributed by atoms with Crippen LogP contribution in [0.2, 0.25) is 5.02 Å². The lowest BCUT2D eigenvalue weighted by atomic mass is 10.3. The van der Waals surface area contributed by atoms with Crippen LogP contribution in [-0.2, 0) is 4.74 Å². The summed E-state index contributed by atoms with van der Waals surface area (Å²) < 4.78 is 9.37. The minimum absolute atomic E-state index is 0.281. The summed E-state index contributed by atoms with van der Waals surface area (Å²) >= 11 is 5.74. The Hall–Kier alpha value is -1.22. The molecule has 0 aliphatic carbocycles. The van der Waals surface area contributed by atoms with E-state index in [1.165, 1.54) is 0 Å². The molecule has 13 heavy (non-hydrogen) atoms. The largest absolute Gasteiger partial charge is 0.513 e. The average molecular weight is 201 g/mol. The summed E-state index contributed by atoms with van der Waals surface area (Å²) in [6.07, 6.45) is -0.740. The van der Waals surface area contributed by atoms with E-state index in [2.05, 4.69) is 4.74 Å². The van der Waals surface area contributed by atoms with Crippen LogP contribution in [0.1, 0.15) is 6.92 Å². The van der Waals surface area contributed by atoms with Crippen molar-refractivity contribution in [2.45, 2.75) is 6.92 Å². The molecule has 0 N–H and O–H groups in total. The molecule has 0 amide bonds. The summed E-state index contributed by atoms with van der Waals surface area (Å²) in [5, 5.41) is 0.385. The van der Waals surface area contributed by atoms with Crippen molar-refractivity contribution in [3.63, 3.8) is 0 Å². The van der Waals surface area contributed by atoms with Gasteiger partial charge in [-0.1, -0.05) is 23.7 Å². The maximum Gasteiger partial charge on any atom is 0.513 e. The van der Waals surface area contributed by atoms with Crippen LogP contribution in [0.3, 0.4) is 0 Å². The van der Waals surface area contributed by atoms with Crippen molar-refractivity contribution in [3.05, 3.63) is 29.3 Å². The summed E-state index contributed by atoms with van der Waals surface area (Å²) in [6.45, 7) is 1.98. The van der Waals surface area contributed by atoms with Crippen LogP contribution in [-0.4, -0.2) is 12.8 Å². The molecule has 0 aliphatic heterocycles. The standard InChI is InChI=1S/C9H9ClO3/c1-2-12-9(11)13-8-6-4-3-5-7(8)10/h3-6H,2H2,1H3. The second kappa shape index (κ2) is 4.72. The van der Waals surface area contributed by atoms with Crippen molar-refractivity contribution in [2.24, 2.45) is 0 Å². The monoisotopic (exact) mass is 200 g/mol. The smallest absolute Gasteiger partial charge is 0.434 e. The molecule has 0 saturated heterocycles. The molecule has 0 aliphatic rings. The van der Waals surface area contributed by atoms with E-state index < -0.39 is 6.16 Å². The van der Waals surface area contributed by atoms with Gasteiger partial charge in [0.05, 0.1) is 11.6 Å². The maximum atomic E-state index is 10.9. The first kappa shape index (κ1) is 9.86. The van der Waals surface area contributed by atoms with Crippen LogP contribution < -0.4 is 4.74 Å². The molecule has 1 rings (SSSR count). The number of benzene rings is 1. The summed E-state index contributed by atoms with van der Waals surface area (Å²) in [5.41, 5.74) is 0. The zero-order chi connectivity index (χ0) is 9.68. The topological polar surface area (TPSA) is 35.5 Å². The molecular weight excluding hydrogens is 192 g/mol. The minimum Gasteiger partial charge on any atom is -0.434 e. The molecule has 1 aromatic carbocycles. The van der Waals surface area contributed by atoms with Gasteiger partial charge in [-0.05, 0) is 19.1 Å². The predicted molar refractivity (Wildman–Crippen MR) is 49.1 cm³/mol. The van der Waals surface area contributed by atoms with Crippen molar-refractivity contribution in [3.8, 4) is 5.75 Å². The van der Waals surface area contributed by atoms with E-state index in [9.17, 15) is 4.79 Å². The summed E-state index contributed by atoms with van der Waals surface area (Å²) in [5.74, 6) is 0.308. The lowest BCUT2D eigenvalue weighted by molar-refractivity contribution is 0.104. The SMILES string of the molecule is CCOC(=O)Oc1ccccc1Cl. The molecule has 0 saturated carbocycles. The van der Waals surface area contributed by atoms with Gasteiger partial charge in [-0.25, -0.2) is 4.79 Å². The third kappa shape index (κ3) is 2.95. The molecule has 0 fully saturated rings. The van der Waals surface area contributed by atoms with Gasteiger partial charge >= 0.3 is 6.16 Å². The van der Waals surface area contributed by atoms with E-state index in [-0.39, 0.29) is 6.61 Å². The molecule has 0 spiro atoms. The van der Waals surface area contributed by atoms with E-state index in [0.717, 1.165) is 0 Å². The maximum absolute atomic E-state index is 10.9. The van der Waals surface area contributed by atoms with Crippen molar-refractivity contribution in [1.29, 1.82) is 0 Å². The summed E-state index contributed by atoms with van der Waals surface area (Å²) in [6, 6.07) is 6.70. The highest BCUT2D eigenvalue weighted by molar-refractivity contribution is 6.32. The number of carbonyl (C=O) groups is 1. The van der Waals surface area contributed by atoms with Gasteiger partial charge in [-0.2, -0.15) is 0 Å². The van der Waals surface area contributed by atoms with Crippen LogP contribution in [0.25, 0.3) is 0 Å². The molecule has 3 nitrogen and oxygen atoms in total. The molecule has 0 aromatic heterocycles. The first-order valence-electron chi connectivity index (χ1n) is 3.83. The van der Waals surface area contributed by atoms with Crippen LogP contribution in [0.15, 0.2) is 24.3 Å². The van der Waals surface area contributed by atoms with Crippen LogP contribution in [0, 0.1) is 0 Å². The van der Waals surface area contributed by atoms with E-state index in [4.69, 9.17) is 16.3 Å². The van der Waals surface area contributed by atoms with Gasteiger partial charge in [-0.15, -0.1) is 0 Å². The molecule has 0 radical (unpaired) electrons. The number of rotatable bonds is 2. The second-order valence-electron chi connectivity index (χ2n) is 2.22. The number of carbonyl (C=O) groups excluding carboxylic acids is 1. The zero-order valence-corrected chi connectivity index (χ0v) is 7.88. The van der Waals surface area contributed by atoms with Crippen molar-refractivity contribution >= 4 is 17.8 Å². The number of hydrogen-bond acceptors (Lipinski definition) is 3. The fourth-order valence-corrected chi connectivity index (χ4v) is 0.939. The highest BCUT2D eigenvalue weighted by Crippen LogP contribution is 2.23. The lowest BCUT2D eigenvalue weighted by Gasteiger charge is -2.04. The van der Waals surface area contributed by atoms with Gasteiger partial charge in [-0.3, -0.25) is 0 Å². The molecule has 0 atom stereocenters. The first-order valence-corrected chi connectivity index (χ1v) is 4.21. The van der Waals surface area contributed by atoms with Gasteiger partial charge in [0.2, 0.25) is 0 Å². The Labute approximate surface area is 81.2 Å². The van der Waals surface area contributed by atoms with Gasteiger partial charge in [0, 0.05) is 0 Å².